The highest BCUT2D eigenvalue weighted by atomic mass is 19.1. The third kappa shape index (κ3) is 2.47. The van der Waals surface area contributed by atoms with Crippen molar-refractivity contribution in [2.75, 3.05) is 0 Å². The van der Waals surface area contributed by atoms with E-state index in [-0.39, 0.29) is 11.7 Å². The number of allylic oxidation sites excluding steroid dienone is 2. The smallest absolute Gasteiger partial charge is 0.240 e. The van der Waals surface area contributed by atoms with Gasteiger partial charge < -0.3 is 0 Å². The van der Waals surface area contributed by atoms with Crippen molar-refractivity contribution in [1.82, 2.24) is 5.43 Å². The molecule has 4 heteroatoms. The van der Waals surface area contributed by atoms with Gasteiger partial charge in [0.15, 0.2) is 0 Å². The molecule has 0 saturated carbocycles. The Morgan fingerprint density at radius 3 is 2.78 bits per heavy atom. The quantitative estimate of drug-likeness (QED) is 0.856. The first-order valence-electron chi connectivity index (χ1n) is 5.90. The van der Waals surface area contributed by atoms with Crippen LogP contribution in [0.5, 0.6) is 0 Å². The molecule has 1 aromatic rings. The minimum atomic E-state index is -0.261. The van der Waals surface area contributed by atoms with Gasteiger partial charge in [0.05, 0.1) is 5.71 Å². The minimum Gasteiger partial charge on any atom is -0.273 e. The molecule has 1 aliphatic rings. The van der Waals surface area contributed by atoms with Gasteiger partial charge in [0.2, 0.25) is 5.91 Å². The van der Waals surface area contributed by atoms with Gasteiger partial charge in [-0.25, -0.2) is 9.82 Å². The lowest BCUT2D eigenvalue weighted by Gasteiger charge is -2.13. The number of amides is 1. The number of carbonyl (C=O) groups is 1. The maximum Gasteiger partial charge on any atom is 0.240 e. The summed E-state index contributed by atoms with van der Waals surface area (Å²) in [6, 6.07) is 5.05. The van der Waals surface area contributed by atoms with Gasteiger partial charge in [0.25, 0.3) is 0 Å². The van der Waals surface area contributed by atoms with E-state index in [1.165, 1.54) is 6.07 Å². The summed E-state index contributed by atoms with van der Waals surface area (Å²) in [6.45, 7) is 3.75. The first kappa shape index (κ1) is 12.5. The molecule has 0 saturated heterocycles. The summed E-state index contributed by atoms with van der Waals surface area (Å²) < 4.78 is 13.9. The zero-order chi connectivity index (χ0) is 13.1. The molecule has 0 spiro atoms. The van der Waals surface area contributed by atoms with Crippen molar-refractivity contribution in [2.45, 2.75) is 26.7 Å². The van der Waals surface area contributed by atoms with Crippen LogP contribution in [0.1, 0.15) is 37.8 Å². The Morgan fingerprint density at radius 1 is 1.44 bits per heavy atom. The molecule has 1 N–H and O–H groups in total. The molecule has 18 heavy (non-hydrogen) atoms. The molecule has 0 radical (unpaired) electrons. The SMILES string of the molecule is C/C=C(\C)c1ccc(C2=NNC(=O)CC2)cc1F. The van der Waals surface area contributed by atoms with Crippen LogP contribution in [-0.4, -0.2) is 11.6 Å². The standard InChI is InChI=1S/C14H15FN2O/c1-3-9(2)11-5-4-10(8-12(11)15)13-6-7-14(18)17-16-13/h3-5,8H,6-7H2,1-2H3,(H,17,18)/b9-3+. The van der Waals surface area contributed by atoms with E-state index in [0.29, 0.717) is 18.4 Å². The van der Waals surface area contributed by atoms with Crippen LogP contribution in [0.15, 0.2) is 29.4 Å². The minimum absolute atomic E-state index is 0.0967. The summed E-state index contributed by atoms with van der Waals surface area (Å²) in [5, 5.41) is 3.95. The summed E-state index contributed by atoms with van der Waals surface area (Å²) in [5.41, 5.74) is 5.36. The van der Waals surface area contributed by atoms with E-state index < -0.39 is 0 Å². The number of carbonyl (C=O) groups excluding carboxylic acids is 1. The Balaban J connectivity index is 2.32. The Hall–Kier alpha value is -1.97. The number of nitrogens with one attached hydrogen (secondary N) is 1. The van der Waals surface area contributed by atoms with E-state index in [1.54, 1.807) is 6.07 Å². The fourth-order valence-electron chi connectivity index (χ4n) is 1.85. The second kappa shape index (κ2) is 5.12. The van der Waals surface area contributed by atoms with E-state index in [2.05, 4.69) is 10.5 Å². The number of halogens is 1. The third-order valence-electron chi connectivity index (χ3n) is 3.06. The molecular weight excluding hydrogens is 231 g/mol. The van der Waals surface area contributed by atoms with Crippen LogP contribution in [0.2, 0.25) is 0 Å². The Bertz CT molecular complexity index is 547. The van der Waals surface area contributed by atoms with Crippen molar-refractivity contribution in [3.05, 3.63) is 41.2 Å². The molecule has 0 bridgehead atoms. The largest absolute Gasteiger partial charge is 0.273 e. The van der Waals surface area contributed by atoms with Crippen LogP contribution in [0.25, 0.3) is 5.57 Å². The van der Waals surface area contributed by atoms with Crippen molar-refractivity contribution in [3.63, 3.8) is 0 Å². The van der Waals surface area contributed by atoms with Crippen molar-refractivity contribution >= 4 is 17.2 Å². The molecule has 0 aromatic heterocycles. The number of rotatable bonds is 2. The van der Waals surface area contributed by atoms with Gasteiger partial charge in [-0.2, -0.15) is 5.10 Å². The van der Waals surface area contributed by atoms with Crippen LogP contribution in [0, 0.1) is 5.82 Å². The van der Waals surface area contributed by atoms with E-state index in [4.69, 9.17) is 0 Å². The van der Waals surface area contributed by atoms with Crippen molar-refractivity contribution < 1.29 is 9.18 Å². The number of nitrogens with zero attached hydrogens (tertiary/aromatic N) is 1. The van der Waals surface area contributed by atoms with E-state index in [0.717, 1.165) is 16.8 Å². The molecule has 1 aliphatic heterocycles. The second-order valence-electron chi connectivity index (χ2n) is 4.26. The van der Waals surface area contributed by atoms with Gasteiger partial charge in [0.1, 0.15) is 5.82 Å². The molecule has 0 unspecified atom stereocenters. The third-order valence-corrected chi connectivity index (χ3v) is 3.06. The molecule has 2 rings (SSSR count). The second-order valence-corrected chi connectivity index (χ2v) is 4.26. The average molecular weight is 246 g/mol. The summed E-state index contributed by atoms with van der Waals surface area (Å²) in [6.07, 6.45) is 2.82. The van der Waals surface area contributed by atoms with Gasteiger partial charge >= 0.3 is 0 Å². The zero-order valence-corrected chi connectivity index (χ0v) is 10.5. The lowest BCUT2D eigenvalue weighted by Crippen LogP contribution is -2.25. The molecule has 0 aliphatic carbocycles. The number of benzene rings is 1. The highest BCUT2D eigenvalue weighted by molar-refractivity contribution is 6.04. The van der Waals surface area contributed by atoms with Gasteiger partial charge in [-0.05, 0) is 25.5 Å². The summed E-state index contributed by atoms with van der Waals surface area (Å²) in [4.78, 5) is 11.0. The van der Waals surface area contributed by atoms with E-state index >= 15 is 0 Å². The lowest BCUT2D eigenvalue weighted by molar-refractivity contribution is -0.121. The number of hydrogen-bond donors (Lipinski definition) is 1. The molecule has 1 heterocycles. The molecule has 1 amide bonds. The van der Waals surface area contributed by atoms with E-state index in [9.17, 15) is 9.18 Å². The molecule has 0 atom stereocenters. The van der Waals surface area contributed by atoms with Crippen molar-refractivity contribution in [3.8, 4) is 0 Å². The van der Waals surface area contributed by atoms with Crippen LogP contribution < -0.4 is 5.43 Å². The monoisotopic (exact) mass is 246 g/mol. The topological polar surface area (TPSA) is 41.5 Å². The van der Waals surface area contributed by atoms with E-state index in [1.807, 2.05) is 26.0 Å². The number of hydrazone groups is 1. The zero-order valence-electron chi connectivity index (χ0n) is 10.5. The first-order chi connectivity index (χ1) is 8.61. The Morgan fingerprint density at radius 2 is 2.22 bits per heavy atom. The molecule has 1 aromatic carbocycles. The molecule has 94 valence electrons. The average Bonchev–Trinajstić information content (AvgIpc) is 2.38. The fraction of sp³-hybridized carbons (Fsp3) is 0.286. The van der Waals surface area contributed by atoms with Crippen LogP contribution in [-0.2, 0) is 4.79 Å². The van der Waals surface area contributed by atoms with Crippen molar-refractivity contribution in [1.29, 1.82) is 0 Å². The predicted octanol–water partition coefficient (Wildman–Crippen LogP) is 2.86. The number of hydrogen-bond acceptors (Lipinski definition) is 2. The molecule has 0 fully saturated rings. The predicted molar refractivity (Wildman–Crippen MR) is 69.6 cm³/mol. The maximum atomic E-state index is 13.9. The highest BCUT2D eigenvalue weighted by Crippen LogP contribution is 2.20. The normalized spacial score (nSPS) is 16.3. The van der Waals surface area contributed by atoms with Crippen molar-refractivity contribution in [2.24, 2.45) is 5.10 Å². The maximum absolute atomic E-state index is 13.9. The Labute approximate surface area is 105 Å². The highest BCUT2D eigenvalue weighted by Gasteiger charge is 2.14. The Kier molecular flexibility index (Phi) is 3.55. The van der Waals surface area contributed by atoms with Gasteiger partial charge in [-0.15, -0.1) is 0 Å². The summed E-state index contributed by atoms with van der Waals surface area (Å²) in [5.74, 6) is -0.358. The van der Waals surface area contributed by atoms with Gasteiger partial charge in [-0.1, -0.05) is 18.2 Å². The van der Waals surface area contributed by atoms with Gasteiger partial charge in [-0.3, -0.25) is 4.79 Å². The molecule has 3 nitrogen and oxygen atoms in total. The lowest BCUT2D eigenvalue weighted by atomic mass is 10.00. The molecular formula is C14H15FN2O. The fourth-order valence-corrected chi connectivity index (χ4v) is 1.85. The van der Waals surface area contributed by atoms with Crippen LogP contribution in [0.4, 0.5) is 4.39 Å². The summed E-state index contributed by atoms with van der Waals surface area (Å²) in [7, 11) is 0. The van der Waals surface area contributed by atoms with Crippen LogP contribution >= 0.6 is 0 Å². The first-order valence-corrected chi connectivity index (χ1v) is 5.90. The summed E-state index contributed by atoms with van der Waals surface area (Å²) >= 11 is 0. The van der Waals surface area contributed by atoms with Gasteiger partial charge in [0, 0.05) is 24.0 Å². The van der Waals surface area contributed by atoms with Crippen LogP contribution in [0.3, 0.4) is 0 Å².